The van der Waals surface area contributed by atoms with E-state index in [9.17, 15) is 36.3 Å². The fourth-order valence-corrected chi connectivity index (χ4v) is 6.06. The summed E-state index contributed by atoms with van der Waals surface area (Å²) in [5.74, 6) is -1.80. The van der Waals surface area contributed by atoms with E-state index in [4.69, 9.17) is 4.74 Å². The molecule has 0 spiro atoms. The first-order valence-corrected chi connectivity index (χ1v) is 14.6. The number of amides is 2. The van der Waals surface area contributed by atoms with Gasteiger partial charge in [0.15, 0.2) is 5.82 Å². The van der Waals surface area contributed by atoms with E-state index in [2.05, 4.69) is 15.5 Å². The number of nitrogens with zero attached hydrogens (tertiary/aromatic N) is 5. The minimum atomic E-state index is -4.58. The lowest BCUT2D eigenvalue weighted by Gasteiger charge is -2.14. The van der Waals surface area contributed by atoms with Gasteiger partial charge < -0.3 is 20.3 Å². The summed E-state index contributed by atoms with van der Waals surface area (Å²) in [5, 5.41) is 12.0. The molecule has 17 heteroatoms. The number of hydrogen-bond donors (Lipinski definition) is 2. The Balaban J connectivity index is 1.70. The first-order valence-electron chi connectivity index (χ1n) is 13.8. The van der Waals surface area contributed by atoms with E-state index in [0.29, 0.717) is 16.0 Å². The zero-order valence-electron chi connectivity index (χ0n) is 25.0. The molecular formula is C30H26F5N7O4S. The van der Waals surface area contributed by atoms with Gasteiger partial charge in [-0.25, -0.2) is 22.9 Å². The number of rotatable bonds is 9. The Kier molecular flexibility index (Phi) is 9.39. The van der Waals surface area contributed by atoms with Crippen LogP contribution in [0.4, 0.5) is 32.4 Å². The van der Waals surface area contributed by atoms with Gasteiger partial charge in [-0.05, 0) is 55.6 Å². The maximum Gasteiger partial charge on any atom is 0.405 e. The van der Waals surface area contributed by atoms with Crippen LogP contribution in [0.3, 0.4) is 0 Å². The third-order valence-corrected chi connectivity index (χ3v) is 8.15. The van der Waals surface area contributed by atoms with Crippen LogP contribution in [0.1, 0.15) is 11.1 Å². The molecule has 246 valence electrons. The summed E-state index contributed by atoms with van der Waals surface area (Å²) in [5.41, 5.74) is -0.842. The average Bonchev–Trinajstić information content (AvgIpc) is 3.38. The highest BCUT2D eigenvalue weighted by molar-refractivity contribution is 7.22. The normalized spacial score (nSPS) is 11.7. The van der Waals surface area contributed by atoms with E-state index in [0.717, 1.165) is 32.6 Å². The molecule has 0 saturated heterocycles. The van der Waals surface area contributed by atoms with E-state index in [1.165, 1.54) is 37.4 Å². The second kappa shape index (κ2) is 13.3. The van der Waals surface area contributed by atoms with Crippen molar-refractivity contribution in [1.29, 1.82) is 0 Å². The number of anilines is 1. The standard InChI is InChI=1S/C30H26F5N7O4S/c1-40(2)13-19-24-26(43)42(22-11-12-23(46-3)39-38-22)29(45)41(14-18-20(31)5-4-6-21(18)32)27(24)47-25(19)16-7-9-17(10-8-16)37-28(44)36-15-30(33,34)35/h4-12H,13-15H2,1-3H3,(H2,36,37,44). The number of hydrogen-bond acceptors (Lipinski definition) is 8. The predicted octanol–water partition coefficient (Wildman–Crippen LogP) is 4.75. The monoisotopic (exact) mass is 675 g/mol. The first kappa shape index (κ1) is 33.2. The highest BCUT2D eigenvalue weighted by Crippen LogP contribution is 2.38. The number of carbonyl (C=O) groups excluding carboxylic acids is 1. The number of thiophene rings is 1. The summed E-state index contributed by atoms with van der Waals surface area (Å²) in [6.45, 7) is -1.87. The fraction of sp³-hybridized carbons (Fsp3) is 0.233. The second-order valence-corrected chi connectivity index (χ2v) is 11.5. The number of urea groups is 1. The van der Waals surface area contributed by atoms with E-state index >= 15 is 0 Å². The van der Waals surface area contributed by atoms with Gasteiger partial charge >= 0.3 is 17.9 Å². The molecular weight excluding hydrogens is 649 g/mol. The third-order valence-electron chi connectivity index (χ3n) is 6.84. The fourth-order valence-electron chi connectivity index (χ4n) is 4.75. The number of halogens is 5. The lowest BCUT2D eigenvalue weighted by molar-refractivity contribution is -0.122. The van der Waals surface area contributed by atoms with Crippen molar-refractivity contribution in [2.75, 3.05) is 33.1 Å². The van der Waals surface area contributed by atoms with Gasteiger partial charge in [-0.2, -0.15) is 13.2 Å². The molecule has 0 radical (unpaired) electrons. The molecule has 47 heavy (non-hydrogen) atoms. The van der Waals surface area contributed by atoms with Crippen molar-refractivity contribution in [3.05, 3.63) is 98.2 Å². The number of aromatic nitrogens is 4. The quantitative estimate of drug-likeness (QED) is 0.216. The van der Waals surface area contributed by atoms with Crippen LogP contribution < -0.4 is 26.6 Å². The van der Waals surface area contributed by atoms with Gasteiger partial charge in [0.25, 0.3) is 5.56 Å². The maximum absolute atomic E-state index is 14.9. The van der Waals surface area contributed by atoms with Crippen molar-refractivity contribution in [3.63, 3.8) is 0 Å². The van der Waals surface area contributed by atoms with Crippen molar-refractivity contribution < 1.29 is 31.5 Å². The number of fused-ring (bicyclic) bond motifs is 1. The van der Waals surface area contributed by atoms with Crippen LogP contribution in [0, 0.1) is 11.6 Å². The van der Waals surface area contributed by atoms with Crippen LogP contribution in [-0.4, -0.2) is 64.2 Å². The predicted molar refractivity (Wildman–Crippen MR) is 165 cm³/mol. The number of benzene rings is 2. The van der Waals surface area contributed by atoms with Crippen LogP contribution in [0.2, 0.25) is 0 Å². The number of ether oxygens (including phenoxy) is 1. The van der Waals surface area contributed by atoms with Gasteiger partial charge in [-0.3, -0.25) is 9.36 Å². The topological polar surface area (TPSA) is 123 Å². The largest absolute Gasteiger partial charge is 0.480 e. The van der Waals surface area contributed by atoms with E-state index in [-0.39, 0.29) is 34.1 Å². The molecule has 2 amide bonds. The zero-order valence-corrected chi connectivity index (χ0v) is 25.8. The van der Waals surface area contributed by atoms with E-state index < -0.39 is 53.7 Å². The van der Waals surface area contributed by atoms with Crippen molar-refractivity contribution in [3.8, 4) is 22.1 Å². The smallest absolute Gasteiger partial charge is 0.405 e. The van der Waals surface area contributed by atoms with Crippen molar-refractivity contribution in [2.45, 2.75) is 19.3 Å². The molecule has 5 aromatic rings. The molecule has 11 nitrogen and oxygen atoms in total. The second-order valence-electron chi connectivity index (χ2n) is 10.5. The third kappa shape index (κ3) is 7.15. The molecule has 0 bridgehead atoms. The molecule has 0 atom stereocenters. The molecule has 0 aliphatic heterocycles. The molecule has 0 aliphatic rings. The zero-order chi connectivity index (χ0) is 34.0. The summed E-state index contributed by atoms with van der Waals surface area (Å²) in [4.78, 5) is 42.5. The first-order chi connectivity index (χ1) is 22.3. The summed E-state index contributed by atoms with van der Waals surface area (Å²) >= 11 is 1.04. The molecule has 3 heterocycles. The Morgan fingerprint density at radius 1 is 0.979 bits per heavy atom. The van der Waals surface area contributed by atoms with Crippen LogP contribution >= 0.6 is 11.3 Å². The van der Waals surface area contributed by atoms with Gasteiger partial charge in [0, 0.05) is 28.7 Å². The van der Waals surface area contributed by atoms with Crippen molar-refractivity contribution in [2.24, 2.45) is 0 Å². The van der Waals surface area contributed by atoms with E-state index in [1.807, 2.05) is 0 Å². The summed E-state index contributed by atoms with van der Waals surface area (Å²) < 4.78 is 74.0. The Bertz CT molecular complexity index is 2040. The van der Waals surface area contributed by atoms with Crippen molar-refractivity contribution in [1.82, 2.24) is 29.5 Å². The highest BCUT2D eigenvalue weighted by atomic mass is 32.1. The van der Waals surface area contributed by atoms with Gasteiger partial charge in [-0.15, -0.1) is 21.5 Å². The SMILES string of the molecule is COc1ccc(-n2c(=O)c3c(CN(C)C)c(-c4ccc(NC(=O)NCC(F)(F)F)cc4)sc3n(Cc3c(F)cccc3F)c2=O)nn1. The van der Waals surface area contributed by atoms with Gasteiger partial charge in [-0.1, -0.05) is 18.2 Å². The number of nitrogens with one attached hydrogen (secondary N) is 2. The van der Waals surface area contributed by atoms with Gasteiger partial charge in [0.05, 0.1) is 19.0 Å². The van der Waals surface area contributed by atoms with Crippen molar-refractivity contribution >= 4 is 33.3 Å². The maximum atomic E-state index is 14.9. The molecule has 5 rings (SSSR count). The summed E-state index contributed by atoms with van der Waals surface area (Å²) in [7, 11) is 4.89. The lowest BCUT2D eigenvalue weighted by Crippen LogP contribution is -2.39. The summed E-state index contributed by atoms with van der Waals surface area (Å²) in [6.07, 6.45) is -4.58. The molecule has 3 aromatic heterocycles. The molecule has 2 aromatic carbocycles. The van der Waals surface area contributed by atoms with Crippen LogP contribution in [0.5, 0.6) is 5.88 Å². The Hall–Kier alpha value is -5.16. The Labute approximate surface area is 266 Å². The molecule has 0 saturated carbocycles. The van der Waals surface area contributed by atoms with Gasteiger partial charge in [0.2, 0.25) is 5.88 Å². The number of alkyl halides is 3. The van der Waals surface area contributed by atoms with Crippen LogP contribution in [0.15, 0.2) is 64.2 Å². The van der Waals surface area contributed by atoms with Gasteiger partial charge in [0.1, 0.15) is 23.0 Å². The average molecular weight is 676 g/mol. The minimum absolute atomic E-state index is 0.0985. The lowest BCUT2D eigenvalue weighted by atomic mass is 10.1. The molecule has 0 aliphatic carbocycles. The number of carbonyl (C=O) groups is 1. The Morgan fingerprint density at radius 2 is 1.66 bits per heavy atom. The van der Waals surface area contributed by atoms with E-state index in [1.54, 1.807) is 36.4 Å². The molecule has 2 N–H and O–H groups in total. The summed E-state index contributed by atoms with van der Waals surface area (Å²) in [6, 6.07) is 11.1. The Morgan fingerprint density at radius 3 is 2.23 bits per heavy atom. The highest BCUT2D eigenvalue weighted by Gasteiger charge is 2.28. The number of methoxy groups -OCH3 is 1. The molecule has 0 fully saturated rings. The minimum Gasteiger partial charge on any atom is -0.480 e. The van der Waals surface area contributed by atoms with Crippen LogP contribution in [0.25, 0.3) is 26.5 Å². The van der Waals surface area contributed by atoms with Crippen LogP contribution in [-0.2, 0) is 13.1 Å². The molecule has 0 unspecified atom stereocenters.